The lowest BCUT2D eigenvalue weighted by atomic mass is 9.92. The van der Waals surface area contributed by atoms with Gasteiger partial charge in [0, 0.05) is 5.54 Å². The summed E-state index contributed by atoms with van der Waals surface area (Å²) >= 11 is 0. The summed E-state index contributed by atoms with van der Waals surface area (Å²) in [5, 5.41) is 9.99. The molecule has 0 aliphatic heterocycles. The Morgan fingerprint density at radius 2 is 2.14 bits per heavy atom. The van der Waals surface area contributed by atoms with E-state index in [1.54, 1.807) is 0 Å². The minimum Gasteiger partial charge on any atom is -0.389 e. The van der Waals surface area contributed by atoms with Gasteiger partial charge in [-0.2, -0.15) is 0 Å². The molecule has 1 rings (SSSR count). The fourth-order valence-electron chi connectivity index (χ4n) is 1.97. The van der Waals surface area contributed by atoms with Gasteiger partial charge in [-0.05, 0) is 51.5 Å². The van der Waals surface area contributed by atoms with Crippen molar-refractivity contribution in [2.45, 2.75) is 64.0 Å². The van der Waals surface area contributed by atoms with Crippen molar-refractivity contribution in [1.82, 2.24) is 0 Å². The third kappa shape index (κ3) is 4.25. The molecule has 0 bridgehead atoms. The lowest BCUT2D eigenvalue weighted by molar-refractivity contribution is 0.169. The summed E-state index contributed by atoms with van der Waals surface area (Å²) in [5.74, 6) is 0. The third-order valence-corrected chi connectivity index (χ3v) is 2.72. The van der Waals surface area contributed by atoms with Crippen molar-refractivity contribution >= 4 is 0 Å². The van der Waals surface area contributed by atoms with Crippen LogP contribution in [0.4, 0.5) is 0 Å². The zero-order valence-electron chi connectivity index (χ0n) is 9.42. The van der Waals surface area contributed by atoms with Gasteiger partial charge in [-0.15, -0.1) is 0 Å². The quantitative estimate of drug-likeness (QED) is 0.682. The Bertz CT molecular complexity index is 203. The number of hydrogen-bond acceptors (Lipinski definition) is 2. The molecule has 0 aromatic carbocycles. The number of allylic oxidation sites excluding steroid dienone is 1. The second kappa shape index (κ2) is 4.94. The van der Waals surface area contributed by atoms with E-state index in [-0.39, 0.29) is 11.6 Å². The Labute approximate surface area is 87.2 Å². The Morgan fingerprint density at radius 3 is 2.79 bits per heavy atom. The van der Waals surface area contributed by atoms with Crippen LogP contribution in [0, 0.1) is 0 Å². The molecule has 0 spiro atoms. The summed E-state index contributed by atoms with van der Waals surface area (Å²) < 4.78 is 0. The van der Waals surface area contributed by atoms with Crippen LogP contribution in [-0.4, -0.2) is 16.7 Å². The first-order valence-electron chi connectivity index (χ1n) is 5.65. The number of nitrogens with two attached hydrogens (primary N) is 1. The van der Waals surface area contributed by atoms with E-state index in [4.69, 9.17) is 5.73 Å². The summed E-state index contributed by atoms with van der Waals surface area (Å²) in [6, 6.07) is 0. The molecule has 0 saturated carbocycles. The van der Waals surface area contributed by atoms with Crippen LogP contribution in [0.1, 0.15) is 52.4 Å². The monoisotopic (exact) mass is 197 g/mol. The lowest BCUT2D eigenvalue weighted by Gasteiger charge is -2.24. The van der Waals surface area contributed by atoms with E-state index in [2.05, 4.69) is 6.08 Å². The van der Waals surface area contributed by atoms with E-state index in [1.807, 2.05) is 13.8 Å². The topological polar surface area (TPSA) is 46.2 Å². The minimum atomic E-state index is -0.326. The Kier molecular flexibility index (Phi) is 4.14. The molecule has 0 heterocycles. The van der Waals surface area contributed by atoms with Gasteiger partial charge in [-0.3, -0.25) is 0 Å². The standard InChI is InChI=1S/C12H23NO/c1-12(2,13)9-11(14)10-7-5-3-4-6-8-10/h7,11,14H,3-6,8-9,13H2,1-2H3. The van der Waals surface area contributed by atoms with E-state index in [0.29, 0.717) is 6.42 Å². The van der Waals surface area contributed by atoms with Crippen molar-refractivity contribution in [3.05, 3.63) is 11.6 Å². The number of aliphatic hydroxyl groups excluding tert-OH is 1. The predicted octanol–water partition coefficient (Wildman–Crippen LogP) is 2.37. The fourth-order valence-corrected chi connectivity index (χ4v) is 1.97. The largest absolute Gasteiger partial charge is 0.389 e. The van der Waals surface area contributed by atoms with E-state index in [1.165, 1.54) is 24.8 Å². The molecule has 1 atom stereocenters. The van der Waals surface area contributed by atoms with E-state index >= 15 is 0 Å². The van der Waals surface area contributed by atoms with Crippen LogP contribution < -0.4 is 5.73 Å². The normalized spacial score (nSPS) is 21.3. The predicted molar refractivity (Wildman–Crippen MR) is 60.1 cm³/mol. The highest BCUT2D eigenvalue weighted by molar-refractivity contribution is 5.10. The first-order valence-corrected chi connectivity index (χ1v) is 5.65. The molecular weight excluding hydrogens is 174 g/mol. The Balaban J connectivity index is 2.50. The van der Waals surface area contributed by atoms with E-state index in [9.17, 15) is 5.11 Å². The Hall–Kier alpha value is -0.340. The van der Waals surface area contributed by atoms with Crippen LogP contribution in [0.25, 0.3) is 0 Å². The number of hydrogen-bond donors (Lipinski definition) is 2. The van der Waals surface area contributed by atoms with Crippen LogP contribution in [0.2, 0.25) is 0 Å². The highest BCUT2D eigenvalue weighted by Crippen LogP contribution is 2.23. The minimum absolute atomic E-state index is 0.271. The first kappa shape index (κ1) is 11.7. The molecule has 1 aliphatic carbocycles. The van der Waals surface area contributed by atoms with Crippen LogP contribution in [0.3, 0.4) is 0 Å². The second-order valence-electron chi connectivity index (χ2n) is 5.09. The Morgan fingerprint density at radius 1 is 1.43 bits per heavy atom. The van der Waals surface area contributed by atoms with Crippen molar-refractivity contribution in [1.29, 1.82) is 0 Å². The second-order valence-corrected chi connectivity index (χ2v) is 5.09. The average Bonchev–Trinajstić information content (AvgIpc) is 2.27. The summed E-state index contributed by atoms with van der Waals surface area (Å²) in [5.41, 5.74) is 6.83. The average molecular weight is 197 g/mol. The van der Waals surface area contributed by atoms with Gasteiger partial charge in [-0.1, -0.05) is 12.5 Å². The molecule has 0 fully saturated rings. The number of aliphatic hydroxyl groups is 1. The first-order chi connectivity index (χ1) is 6.49. The molecule has 0 aromatic rings. The van der Waals surface area contributed by atoms with Gasteiger partial charge < -0.3 is 10.8 Å². The maximum Gasteiger partial charge on any atom is 0.0767 e. The summed E-state index contributed by atoms with van der Waals surface area (Å²) in [6.07, 6.45) is 8.50. The molecule has 1 aliphatic rings. The zero-order chi connectivity index (χ0) is 10.6. The van der Waals surface area contributed by atoms with E-state index < -0.39 is 0 Å². The van der Waals surface area contributed by atoms with Crippen molar-refractivity contribution in [2.75, 3.05) is 0 Å². The van der Waals surface area contributed by atoms with Gasteiger partial charge in [0.05, 0.1) is 6.10 Å². The van der Waals surface area contributed by atoms with Crippen molar-refractivity contribution in [3.8, 4) is 0 Å². The van der Waals surface area contributed by atoms with Crippen molar-refractivity contribution < 1.29 is 5.11 Å². The third-order valence-electron chi connectivity index (χ3n) is 2.72. The maximum atomic E-state index is 9.99. The van der Waals surface area contributed by atoms with Crippen LogP contribution >= 0.6 is 0 Å². The molecular formula is C12H23NO. The highest BCUT2D eigenvalue weighted by atomic mass is 16.3. The smallest absolute Gasteiger partial charge is 0.0767 e. The summed E-state index contributed by atoms with van der Waals surface area (Å²) in [6.45, 7) is 3.93. The molecule has 0 amide bonds. The molecule has 14 heavy (non-hydrogen) atoms. The molecule has 2 heteroatoms. The molecule has 1 unspecified atom stereocenters. The molecule has 0 radical (unpaired) electrons. The van der Waals surface area contributed by atoms with Gasteiger partial charge in [0.2, 0.25) is 0 Å². The van der Waals surface area contributed by atoms with Crippen LogP contribution in [0.15, 0.2) is 11.6 Å². The molecule has 0 aromatic heterocycles. The van der Waals surface area contributed by atoms with Gasteiger partial charge in [0.1, 0.15) is 0 Å². The SMILES string of the molecule is CC(C)(N)CC(O)C1=CCCCCC1. The molecule has 0 saturated heterocycles. The summed E-state index contributed by atoms with van der Waals surface area (Å²) in [4.78, 5) is 0. The van der Waals surface area contributed by atoms with Crippen molar-refractivity contribution in [2.24, 2.45) is 5.73 Å². The van der Waals surface area contributed by atoms with Gasteiger partial charge in [-0.25, -0.2) is 0 Å². The lowest BCUT2D eigenvalue weighted by Crippen LogP contribution is -2.36. The van der Waals surface area contributed by atoms with Gasteiger partial charge >= 0.3 is 0 Å². The fraction of sp³-hybridized carbons (Fsp3) is 0.833. The van der Waals surface area contributed by atoms with Gasteiger partial charge in [0.15, 0.2) is 0 Å². The molecule has 82 valence electrons. The molecule has 3 N–H and O–H groups in total. The number of rotatable bonds is 3. The molecule has 2 nitrogen and oxygen atoms in total. The highest BCUT2D eigenvalue weighted by Gasteiger charge is 2.20. The summed E-state index contributed by atoms with van der Waals surface area (Å²) in [7, 11) is 0. The van der Waals surface area contributed by atoms with Crippen LogP contribution in [0.5, 0.6) is 0 Å². The van der Waals surface area contributed by atoms with Crippen molar-refractivity contribution in [3.63, 3.8) is 0 Å². The van der Waals surface area contributed by atoms with Gasteiger partial charge in [0.25, 0.3) is 0 Å². The van der Waals surface area contributed by atoms with E-state index in [0.717, 1.165) is 12.8 Å². The zero-order valence-corrected chi connectivity index (χ0v) is 9.42. The maximum absolute atomic E-state index is 9.99. The van der Waals surface area contributed by atoms with Crippen LogP contribution in [-0.2, 0) is 0 Å².